The Labute approximate surface area is 176 Å². The highest BCUT2D eigenvalue weighted by atomic mass is 35.5. The first-order valence-corrected chi connectivity index (χ1v) is 9.02. The number of aromatic nitrogens is 1. The number of aliphatic hydroxyl groups excluding tert-OH is 1. The number of amides is 2. The van der Waals surface area contributed by atoms with E-state index in [0.29, 0.717) is 37.5 Å². The largest absolute Gasteiger partial charge is 0.492 e. The van der Waals surface area contributed by atoms with Crippen molar-refractivity contribution in [1.82, 2.24) is 15.6 Å². The molecule has 2 amide bonds. The fraction of sp³-hybridized carbons (Fsp3) is 0.350. The number of nitrogens with zero attached hydrogens (tertiary/aromatic N) is 1. The van der Waals surface area contributed by atoms with Crippen LogP contribution in [-0.2, 0) is 16.0 Å². The summed E-state index contributed by atoms with van der Waals surface area (Å²) in [6.07, 6.45) is 1.17. The lowest BCUT2D eigenvalue weighted by Gasteiger charge is -2.13. The van der Waals surface area contributed by atoms with E-state index >= 15 is 0 Å². The van der Waals surface area contributed by atoms with E-state index in [0.717, 1.165) is 11.3 Å². The molecule has 2 rings (SSSR count). The second-order valence-electron chi connectivity index (χ2n) is 6.22. The van der Waals surface area contributed by atoms with Gasteiger partial charge in [-0.2, -0.15) is 0 Å². The number of hydrogen-bond acceptors (Lipinski definition) is 6. The van der Waals surface area contributed by atoms with Crippen molar-refractivity contribution in [3.63, 3.8) is 0 Å². The van der Waals surface area contributed by atoms with Crippen LogP contribution in [0.5, 0.6) is 5.75 Å². The molecule has 0 aliphatic carbocycles. The van der Waals surface area contributed by atoms with Gasteiger partial charge < -0.3 is 25.8 Å². The van der Waals surface area contributed by atoms with E-state index in [1.807, 2.05) is 24.3 Å². The maximum absolute atomic E-state index is 11.3. The SMILES string of the molecule is CNC(=O)Cc1ccc(OCCNC[C@@H](O)c2ccc(NC(C)=O)nc2)cc1.Cl. The molecule has 1 aromatic carbocycles. The second-order valence-corrected chi connectivity index (χ2v) is 6.22. The number of nitrogens with one attached hydrogen (secondary N) is 3. The highest BCUT2D eigenvalue weighted by molar-refractivity contribution is 5.87. The highest BCUT2D eigenvalue weighted by Gasteiger charge is 2.08. The molecule has 0 fully saturated rings. The molecule has 1 atom stereocenters. The number of benzene rings is 1. The molecule has 0 unspecified atom stereocenters. The van der Waals surface area contributed by atoms with Crippen LogP contribution in [0.4, 0.5) is 5.82 Å². The van der Waals surface area contributed by atoms with Crippen LogP contribution in [0.25, 0.3) is 0 Å². The van der Waals surface area contributed by atoms with Gasteiger partial charge in [0.05, 0.1) is 12.5 Å². The zero-order valence-electron chi connectivity index (χ0n) is 16.5. The van der Waals surface area contributed by atoms with Gasteiger partial charge in [0.15, 0.2) is 0 Å². The first-order valence-electron chi connectivity index (χ1n) is 9.02. The van der Waals surface area contributed by atoms with Crippen LogP contribution in [0.3, 0.4) is 0 Å². The zero-order chi connectivity index (χ0) is 20.4. The Hall–Kier alpha value is -2.68. The van der Waals surface area contributed by atoms with Crippen LogP contribution in [0.2, 0.25) is 0 Å². The number of ether oxygens (including phenoxy) is 1. The summed E-state index contributed by atoms with van der Waals surface area (Å²) >= 11 is 0. The number of pyridine rings is 1. The molecule has 9 heteroatoms. The van der Waals surface area contributed by atoms with Gasteiger partial charge in [-0.05, 0) is 23.8 Å². The van der Waals surface area contributed by atoms with Gasteiger partial charge in [0.1, 0.15) is 18.2 Å². The van der Waals surface area contributed by atoms with Gasteiger partial charge >= 0.3 is 0 Å². The summed E-state index contributed by atoms with van der Waals surface area (Å²) in [4.78, 5) is 26.4. The number of rotatable bonds is 10. The molecule has 1 aromatic heterocycles. The zero-order valence-corrected chi connectivity index (χ0v) is 17.3. The van der Waals surface area contributed by atoms with Crippen molar-refractivity contribution in [2.75, 3.05) is 32.1 Å². The first-order chi connectivity index (χ1) is 13.5. The van der Waals surface area contributed by atoms with E-state index in [2.05, 4.69) is 20.9 Å². The molecular weight excluding hydrogens is 396 g/mol. The Bertz CT molecular complexity index is 769. The van der Waals surface area contributed by atoms with E-state index in [1.54, 1.807) is 19.2 Å². The van der Waals surface area contributed by atoms with E-state index in [9.17, 15) is 14.7 Å². The number of aliphatic hydroxyl groups is 1. The summed E-state index contributed by atoms with van der Waals surface area (Å²) in [6.45, 7) is 2.78. The van der Waals surface area contributed by atoms with Crippen molar-refractivity contribution in [2.45, 2.75) is 19.4 Å². The molecule has 0 bridgehead atoms. The summed E-state index contributed by atoms with van der Waals surface area (Å²) < 4.78 is 5.64. The lowest BCUT2D eigenvalue weighted by molar-refractivity contribution is -0.120. The third-order valence-corrected chi connectivity index (χ3v) is 3.93. The summed E-state index contributed by atoms with van der Waals surface area (Å²) in [5.41, 5.74) is 1.58. The Balaban J connectivity index is 0.00000420. The van der Waals surface area contributed by atoms with Crippen LogP contribution in [0.1, 0.15) is 24.2 Å². The van der Waals surface area contributed by atoms with Gasteiger partial charge in [0.2, 0.25) is 11.8 Å². The minimum Gasteiger partial charge on any atom is -0.492 e. The van der Waals surface area contributed by atoms with Crippen LogP contribution >= 0.6 is 12.4 Å². The third kappa shape index (κ3) is 8.91. The van der Waals surface area contributed by atoms with Crippen LogP contribution < -0.4 is 20.7 Å². The maximum atomic E-state index is 11.3. The number of carbonyl (C=O) groups is 2. The van der Waals surface area contributed by atoms with E-state index < -0.39 is 6.10 Å². The predicted octanol–water partition coefficient (Wildman–Crippen LogP) is 1.45. The van der Waals surface area contributed by atoms with Gasteiger partial charge in [0, 0.05) is 38.8 Å². The second kappa shape index (κ2) is 12.7. The molecule has 0 aliphatic heterocycles. The Morgan fingerprint density at radius 1 is 1.17 bits per heavy atom. The summed E-state index contributed by atoms with van der Waals surface area (Å²) in [6, 6.07) is 10.8. The fourth-order valence-electron chi connectivity index (χ4n) is 2.43. The van der Waals surface area contributed by atoms with Gasteiger partial charge in [-0.15, -0.1) is 12.4 Å². The smallest absolute Gasteiger partial charge is 0.224 e. The van der Waals surface area contributed by atoms with Crippen molar-refractivity contribution in [2.24, 2.45) is 0 Å². The third-order valence-electron chi connectivity index (χ3n) is 3.93. The van der Waals surface area contributed by atoms with E-state index in [-0.39, 0.29) is 24.2 Å². The van der Waals surface area contributed by atoms with Gasteiger partial charge in [-0.25, -0.2) is 4.98 Å². The van der Waals surface area contributed by atoms with Gasteiger partial charge in [-0.3, -0.25) is 9.59 Å². The van der Waals surface area contributed by atoms with Crippen LogP contribution in [-0.4, -0.2) is 48.6 Å². The summed E-state index contributed by atoms with van der Waals surface area (Å²) in [5.74, 6) is 0.951. The molecule has 0 radical (unpaired) electrons. The molecule has 0 spiro atoms. The topological polar surface area (TPSA) is 113 Å². The fourth-order valence-corrected chi connectivity index (χ4v) is 2.43. The van der Waals surface area contributed by atoms with Crippen molar-refractivity contribution < 1.29 is 19.4 Å². The van der Waals surface area contributed by atoms with Crippen LogP contribution in [0, 0.1) is 0 Å². The lowest BCUT2D eigenvalue weighted by atomic mass is 10.1. The minimum absolute atomic E-state index is 0. The first kappa shape index (κ1) is 24.4. The molecular formula is C20H27ClN4O4. The summed E-state index contributed by atoms with van der Waals surface area (Å²) in [5, 5.41) is 18.5. The molecule has 0 aliphatic rings. The van der Waals surface area contributed by atoms with E-state index in [4.69, 9.17) is 4.74 Å². The number of halogens is 1. The van der Waals surface area contributed by atoms with Crippen molar-refractivity contribution >= 4 is 30.0 Å². The number of anilines is 1. The van der Waals surface area contributed by atoms with Crippen molar-refractivity contribution in [3.05, 3.63) is 53.7 Å². The molecule has 29 heavy (non-hydrogen) atoms. The molecule has 8 nitrogen and oxygen atoms in total. The molecule has 4 N–H and O–H groups in total. The average Bonchev–Trinajstić information content (AvgIpc) is 2.68. The summed E-state index contributed by atoms with van der Waals surface area (Å²) in [7, 11) is 1.61. The van der Waals surface area contributed by atoms with E-state index in [1.165, 1.54) is 13.1 Å². The standard InChI is InChI=1S/C20H26N4O4.ClH/c1-14(25)24-19-8-5-16(12-23-19)18(26)13-22-9-10-28-17-6-3-15(4-7-17)11-20(27)21-2;/h3-8,12,18,22,26H,9-11,13H2,1-2H3,(H,21,27)(H,23,24,25);1H/t18-;/m1./s1. The minimum atomic E-state index is -0.706. The average molecular weight is 423 g/mol. The molecule has 1 heterocycles. The Kier molecular flexibility index (Phi) is 10.7. The Morgan fingerprint density at radius 3 is 2.48 bits per heavy atom. The number of carbonyl (C=O) groups excluding carboxylic acids is 2. The normalized spacial score (nSPS) is 11.1. The molecule has 0 saturated heterocycles. The van der Waals surface area contributed by atoms with Crippen molar-refractivity contribution in [3.8, 4) is 5.75 Å². The Morgan fingerprint density at radius 2 is 1.90 bits per heavy atom. The number of likely N-dealkylation sites (N-methyl/N-ethyl adjacent to an activating group) is 1. The van der Waals surface area contributed by atoms with Gasteiger partial charge in [-0.1, -0.05) is 18.2 Å². The van der Waals surface area contributed by atoms with Gasteiger partial charge in [0.25, 0.3) is 0 Å². The lowest BCUT2D eigenvalue weighted by Crippen LogP contribution is -2.26. The monoisotopic (exact) mass is 422 g/mol. The quantitative estimate of drug-likeness (QED) is 0.431. The van der Waals surface area contributed by atoms with Crippen molar-refractivity contribution in [1.29, 1.82) is 0 Å². The molecule has 2 aromatic rings. The molecule has 158 valence electrons. The molecule has 0 saturated carbocycles. The number of hydrogen-bond donors (Lipinski definition) is 4. The predicted molar refractivity (Wildman–Crippen MR) is 113 cm³/mol. The maximum Gasteiger partial charge on any atom is 0.224 e. The highest BCUT2D eigenvalue weighted by Crippen LogP contribution is 2.14. The van der Waals surface area contributed by atoms with Crippen LogP contribution in [0.15, 0.2) is 42.6 Å².